The third-order valence-corrected chi connectivity index (χ3v) is 5.59. The molecule has 1 aliphatic heterocycles. The number of piperidine rings is 1. The minimum Gasteiger partial charge on any atom is -0.444 e. The Labute approximate surface area is 129 Å². The van der Waals surface area contributed by atoms with Crippen molar-refractivity contribution in [2.75, 3.05) is 11.0 Å². The van der Waals surface area contributed by atoms with Gasteiger partial charge in [-0.3, -0.25) is 0 Å². The van der Waals surface area contributed by atoms with E-state index in [4.69, 9.17) is 4.74 Å². The second kappa shape index (κ2) is 5.76. The third-order valence-electron chi connectivity index (χ3n) is 4.13. The van der Waals surface area contributed by atoms with Gasteiger partial charge in [-0.1, -0.05) is 22.6 Å². The highest BCUT2D eigenvalue weighted by molar-refractivity contribution is 14.1. The molecule has 4 nitrogen and oxygen atoms in total. The molecule has 0 aromatic heterocycles. The van der Waals surface area contributed by atoms with Crippen molar-refractivity contribution in [2.24, 2.45) is 5.92 Å². The molecule has 1 aliphatic carbocycles. The Hall–Kier alpha value is -0.0400. The number of ether oxygens (including phenoxy) is 1. The largest absolute Gasteiger partial charge is 0.444 e. The van der Waals surface area contributed by atoms with Crippen molar-refractivity contribution < 1.29 is 9.53 Å². The molecule has 2 N–H and O–H groups in total. The highest BCUT2D eigenvalue weighted by Crippen LogP contribution is 2.38. The number of alkyl carbamates (subject to hydrolysis) is 1. The van der Waals surface area contributed by atoms with Gasteiger partial charge in [-0.25, -0.2) is 4.79 Å². The molecule has 0 radical (unpaired) electrons. The Morgan fingerprint density at radius 2 is 2.21 bits per heavy atom. The Morgan fingerprint density at radius 1 is 1.47 bits per heavy atom. The SMILES string of the molecule is CC(C)(C)OC(=O)NC1CCC2(CI)C[C@@H]1CCN2. The van der Waals surface area contributed by atoms with Crippen LogP contribution in [0.5, 0.6) is 0 Å². The van der Waals surface area contributed by atoms with Gasteiger partial charge < -0.3 is 15.4 Å². The van der Waals surface area contributed by atoms with E-state index in [2.05, 4.69) is 33.2 Å². The Morgan fingerprint density at radius 3 is 2.84 bits per heavy atom. The fraction of sp³-hybridized carbons (Fsp3) is 0.929. The van der Waals surface area contributed by atoms with Crippen molar-refractivity contribution in [3.63, 3.8) is 0 Å². The van der Waals surface area contributed by atoms with Gasteiger partial charge in [0.1, 0.15) is 5.60 Å². The highest BCUT2D eigenvalue weighted by Gasteiger charge is 2.43. The molecule has 2 bridgehead atoms. The number of halogens is 1. The van der Waals surface area contributed by atoms with E-state index < -0.39 is 5.60 Å². The molecule has 2 rings (SSSR count). The van der Waals surface area contributed by atoms with E-state index in [9.17, 15) is 4.79 Å². The Kier molecular flexibility index (Phi) is 4.65. The summed E-state index contributed by atoms with van der Waals surface area (Å²) in [6.45, 7) is 6.78. The zero-order chi connectivity index (χ0) is 14.1. The van der Waals surface area contributed by atoms with Gasteiger partial charge in [0.15, 0.2) is 0 Å². The van der Waals surface area contributed by atoms with Crippen LogP contribution < -0.4 is 10.6 Å². The van der Waals surface area contributed by atoms with Crippen molar-refractivity contribution >= 4 is 28.7 Å². The molecule has 1 amide bonds. The van der Waals surface area contributed by atoms with Gasteiger partial charge in [-0.05, 0) is 58.9 Å². The van der Waals surface area contributed by atoms with Gasteiger partial charge in [0.25, 0.3) is 0 Å². The summed E-state index contributed by atoms with van der Waals surface area (Å²) in [6, 6.07) is 0.285. The first kappa shape index (κ1) is 15.4. The molecule has 2 aliphatic rings. The van der Waals surface area contributed by atoms with Crippen LogP contribution >= 0.6 is 22.6 Å². The van der Waals surface area contributed by atoms with E-state index in [0.29, 0.717) is 11.5 Å². The first-order chi connectivity index (χ1) is 8.84. The maximum atomic E-state index is 11.9. The summed E-state index contributed by atoms with van der Waals surface area (Å²) in [4.78, 5) is 11.9. The van der Waals surface area contributed by atoms with Crippen molar-refractivity contribution in [3.05, 3.63) is 0 Å². The molecule has 1 saturated carbocycles. The molecule has 0 aromatic carbocycles. The second-order valence-electron chi connectivity index (χ2n) is 6.89. The summed E-state index contributed by atoms with van der Waals surface area (Å²) in [7, 11) is 0. The van der Waals surface area contributed by atoms with Crippen molar-refractivity contribution in [1.29, 1.82) is 0 Å². The fourth-order valence-electron chi connectivity index (χ4n) is 3.22. The smallest absolute Gasteiger partial charge is 0.407 e. The first-order valence-electron chi connectivity index (χ1n) is 7.14. The van der Waals surface area contributed by atoms with E-state index in [1.165, 1.54) is 6.42 Å². The van der Waals surface area contributed by atoms with Crippen LogP contribution in [0.25, 0.3) is 0 Å². The predicted octanol–water partition coefficient (Wildman–Crippen LogP) is 2.85. The molecule has 1 saturated heterocycles. The van der Waals surface area contributed by atoms with Crippen LogP contribution in [0.1, 0.15) is 46.5 Å². The van der Waals surface area contributed by atoms with Crippen LogP contribution in [0.3, 0.4) is 0 Å². The van der Waals surface area contributed by atoms with E-state index >= 15 is 0 Å². The molecule has 1 heterocycles. The number of alkyl halides is 1. The van der Waals surface area contributed by atoms with Gasteiger partial charge in [-0.15, -0.1) is 0 Å². The van der Waals surface area contributed by atoms with Crippen LogP contribution in [0.2, 0.25) is 0 Å². The zero-order valence-corrected chi connectivity index (χ0v) is 14.2. The second-order valence-corrected chi connectivity index (χ2v) is 7.65. The summed E-state index contributed by atoms with van der Waals surface area (Å²) in [5.41, 5.74) is -0.103. The zero-order valence-electron chi connectivity index (χ0n) is 12.1. The molecule has 2 unspecified atom stereocenters. The maximum absolute atomic E-state index is 11.9. The summed E-state index contributed by atoms with van der Waals surface area (Å²) in [5.74, 6) is 0.595. The molecule has 2 fully saturated rings. The summed E-state index contributed by atoms with van der Waals surface area (Å²) >= 11 is 2.48. The molecular formula is C14H25IN2O2. The lowest BCUT2D eigenvalue weighted by Crippen LogP contribution is -2.60. The summed E-state index contributed by atoms with van der Waals surface area (Å²) < 4.78 is 6.52. The normalized spacial score (nSPS) is 34.7. The highest BCUT2D eigenvalue weighted by atomic mass is 127. The lowest BCUT2D eigenvalue weighted by Gasteiger charge is -2.48. The van der Waals surface area contributed by atoms with Crippen LogP contribution in [0.4, 0.5) is 4.79 Å². The van der Waals surface area contributed by atoms with Gasteiger partial charge in [0.2, 0.25) is 0 Å². The first-order valence-corrected chi connectivity index (χ1v) is 8.67. The molecule has 3 atom stereocenters. The number of amides is 1. The van der Waals surface area contributed by atoms with Crippen LogP contribution in [0, 0.1) is 5.92 Å². The summed E-state index contributed by atoms with van der Waals surface area (Å²) in [5, 5.41) is 6.76. The summed E-state index contributed by atoms with van der Waals surface area (Å²) in [6.07, 6.45) is 4.26. The number of hydrogen-bond donors (Lipinski definition) is 2. The monoisotopic (exact) mass is 380 g/mol. The molecular weight excluding hydrogens is 355 g/mol. The minimum atomic E-state index is -0.418. The molecule has 0 aromatic rings. The van der Waals surface area contributed by atoms with E-state index in [0.717, 1.165) is 30.2 Å². The number of hydrogen-bond acceptors (Lipinski definition) is 3. The average molecular weight is 380 g/mol. The predicted molar refractivity (Wildman–Crippen MR) is 84.7 cm³/mol. The number of carbonyl (C=O) groups excluding carboxylic acids is 1. The average Bonchev–Trinajstić information content (AvgIpc) is 2.31. The minimum absolute atomic E-state index is 0.266. The molecule has 19 heavy (non-hydrogen) atoms. The van der Waals surface area contributed by atoms with Crippen molar-refractivity contribution in [2.45, 2.75) is 63.6 Å². The van der Waals surface area contributed by atoms with Crippen LogP contribution in [-0.2, 0) is 4.74 Å². The lowest BCUT2D eigenvalue weighted by molar-refractivity contribution is 0.0408. The number of nitrogens with one attached hydrogen (secondary N) is 2. The molecule has 110 valence electrons. The van der Waals surface area contributed by atoms with Crippen molar-refractivity contribution in [1.82, 2.24) is 10.6 Å². The standard InChI is InChI=1S/C14H25IN2O2/c1-13(2,3)19-12(18)17-11-4-6-14(9-15)8-10(11)5-7-16-14/h10-11,16H,4-9H2,1-3H3,(H,17,18)/t10-,11?,14?/m0/s1. The molecule has 5 heteroatoms. The topological polar surface area (TPSA) is 50.4 Å². The van der Waals surface area contributed by atoms with Gasteiger partial charge >= 0.3 is 6.09 Å². The van der Waals surface area contributed by atoms with E-state index in [1.807, 2.05) is 20.8 Å². The fourth-order valence-corrected chi connectivity index (χ4v) is 4.18. The number of rotatable bonds is 2. The van der Waals surface area contributed by atoms with Gasteiger partial charge in [0.05, 0.1) is 0 Å². The van der Waals surface area contributed by atoms with Crippen molar-refractivity contribution in [3.8, 4) is 0 Å². The number of fused-ring (bicyclic) bond motifs is 2. The van der Waals surface area contributed by atoms with E-state index in [1.54, 1.807) is 0 Å². The third kappa shape index (κ3) is 3.97. The van der Waals surface area contributed by atoms with Gasteiger partial charge in [-0.2, -0.15) is 0 Å². The van der Waals surface area contributed by atoms with Crippen LogP contribution in [-0.4, -0.2) is 34.2 Å². The van der Waals surface area contributed by atoms with Gasteiger partial charge in [0, 0.05) is 16.0 Å². The Bertz CT molecular complexity index is 343. The quantitative estimate of drug-likeness (QED) is 0.572. The molecule has 0 spiro atoms. The Balaban J connectivity index is 1.91. The lowest BCUT2D eigenvalue weighted by atomic mass is 9.70. The van der Waals surface area contributed by atoms with Crippen LogP contribution in [0.15, 0.2) is 0 Å². The maximum Gasteiger partial charge on any atom is 0.407 e. The number of carbonyl (C=O) groups is 1. The van der Waals surface area contributed by atoms with E-state index in [-0.39, 0.29) is 12.1 Å².